The second-order valence-corrected chi connectivity index (χ2v) is 13.2. The first-order chi connectivity index (χ1) is 22.1. The average molecular weight is 668 g/mol. The van der Waals surface area contributed by atoms with Crippen molar-refractivity contribution < 1.29 is 29.4 Å². The number of carbonyl (C=O) groups excluding carboxylic acids is 2. The molecule has 7 rings (SSSR count). The largest absolute Gasteiger partial charge is 0.478 e. The number of hydrogen-bond acceptors (Lipinski definition) is 7. The highest BCUT2D eigenvalue weighted by atomic mass is 35.5. The summed E-state index contributed by atoms with van der Waals surface area (Å²) in [6.07, 6.45) is 1.72. The minimum absolute atomic E-state index is 0.0118. The molecule has 242 valence electrons. The van der Waals surface area contributed by atoms with Crippen molar-refractivity contribution in [1.82, 2.24) is 20.0 Å². The number of nitrogens with zero attached hydrogens (tertiary/aromatic N) is 3. The Morgan fingerprint density at radius 1 is 0.761 bits per heavy atom. The third-order valence-corrected chi connectivity index (χ3v) is 10.5. The van der Waals surface area contributed by atoms with E-state index < -0.39 is 17.9 Å². The van der Waals surface area contributed by atoms with Gasteiger partial charge in [0.15, 0.2) is 5.78 Å². The Morgan fingerprint density at radius 3 is 1.89 bits per heavy atom. The second kappa shape index (κ2) is 13.6. The van der Waals surface area contributed by atoms with Crippen LogP contribution in [0.2, 0.25) is 10.0 Å². The fourth-order valence-corrected chi connectivity index (χ4v) is 8.08. The van der Waals surface area contributed by atoms with Gasteiger partial charge in [-0.3, -0.25) is 14.5 Å². The van der Waals surface area contributed by atoms with Gasteiger partial charge in [0.2, 0.25) is 5.91 Å². The molecule has 4 fully saturated rings. The van der Waals surface area contributed by atoms with Gasteiger partial charge in [-0.05, 0) is 44.0 Å². The Labute approximate surface area is 277 Å². The maximum Gasteiger partial charge on any atom is 0.334 e. The number of benzene rings is 2. The van der Waals surface area contributed by atoms with E-state index in [1.54, 1.807) is 41.3 Å². The highest BCUT2D eigenvalue weighted by Crippen LogP contribution is 2.45. The van der Waals surface area contributed by atoms with Crippen molar-refractivity contribution in [3.8, 4) is 0 Å². The van der Waals surface area contributed by atoms with E-state index in [2.05, 4.69) is 15.1 Å². The van der Waals surface area contributed by atoms with E-state index in [4.69, 9.17) is 23.2 Å². The van der Waals surface area contributed by atoms with E-state index in [0.29, 0.717) is 30.6 Å². The first kappa shape index (κ1) is 32.2. The van der Waals surface area contributed by atoms with Gasteiger partial charge < -0.3 is 25.3 Å². The lowest BCUT2D eigenvalue weighted by molar-refractivity contribution is -0.133. The van der Waals surface area contributed by atoms with Crippen molar-refractivity contribution in [1.29, 1.82) is 0 Å². The van der Waals surface area contributed by atoms with Crippen molar-refractivity contribution in [2.75, 3.05) is 45.8 Å². The van der Waals surface area contributed by atoms with Crippen LogP contribution in [0.5, 0.6) is 0 Å². The quantitative estimate of drug-likeness (QED) is 0.336. The Kier molecular flexibility index (Phi) is 9.52. The molecule has 5 heterocycles. The summed E-state index contributed by atoms with van der Waals surface area (Å²) in [4.78, 5) is 59.6. The normalized spacial score (nSPS) is 25.0. The molecule has 3 N–H and O–H groups in total. The lowest BCUT2D eigenvalue weighted by Crippen LogP contribution is -2.61. The maximum absolute atomic E-state index is 13.8. The molecule has 2 bridgehead atoms. The van der Waals surface area contributed by atoms with Gasteiger partial charge in [0.25, 0.3) is 0 Å². The number of dihydropyridines is 1. The number of amides is 1. The average Bonchev–Trinajstić information content (AvgIpc) is 3.05. The number of ketones is 1. The molecule has 0 aliphatic carbocycles. The zero-order chi connectivity index (χ0) is 32.5. The highest BCUT2D eigenvalue weighted by Gasteiger charge is 2.42. The molecule has 2 atom stereocenters. The molecule has 4 saturated heterocycles. The number of aliphatic carboxylic acids is 2. The monoisotopic (exact) mass is 666 g/mol. The summed E-state index contributed by atoms with van der Waals surface area (Å²) in [6, 6.07) is 13.5. The molecule has 0 aromatic heterocycles. The summed E-state index contributed by atoms with van der Waals surface area (Å²) in [7, 11) is 0. The van der Waals surface area contributed by atoms with Crippen molar-refractivity contribution in [3.05, 3.63) is 92.2 Å². The Morgan fingerprint density at radius 2 is 1.35 bits per heavy atom. The van der Waals surface area contributed by atoms with Crippen LogP contribution >= 0.6 is 23.2 Å². The number of rotatable bonds is 9. The number of carboxylic acid groups (broad SMARTS) is 2. The van der Waals surface area contributed by atoms with Crippen molar-refractivity contribution in [2.45, 2.75) is 37.6 Å². The number of fused-ring (bicyclic) bond motifs is 3. The predicted octanol–water partition coefficient (Wildman–Crippen LogP) is 4.26. The van der Waals surface area contributed by atoms with Gasteiger partial charge in [-0.15, -0.1) is 0 Å². The minimum Gasteiger partial charge on any atom is -0.478 e. The van der Waals surface area contributed by atoms with Gasteiger partial charge >= 0.3 is 11.9 Å². The zero-order valence-corrected chi connectivity index (χ0v) is 26.8. The van der Waals surface area contributed by atoms with E-state index in [1.165, 1.54) is 25.0 Å². The fraction of sp³-hybridized carbons (Fsp3) is 0.412. The summed E-state index contributed by atoms with van der Waals surface area (Å²) < 4.78 is 0. The van der Waals surface area contributed by atoms with E-state index in [1.807, 2.05) is 0 Å². The Hall–Kier alpha value is -3.70. The van der Waals surface area contributed by atoms with Gasteiger partial charge in [-0.2, -0.15) is 0 Å². The lowest BCUT2D eigenvalue weighted by Gasteiger charge is -2.51. The number of halogens is 2. The molecule has 5 aliphatic rings. The summed E-state index contributed by atoms with van der Waals surface area (Å²) >= 11 is 13.1. The maximum atomic E-state index is 13.8. The van der Waals surface area contributed by atoms with Crippen LogP contribution in [0.3, 0.4) is 0 Å². The standard InChI is InChI=1S/C34H36Cl2N4O6/c35-22-7-4-8-23(36)29(22)32-30(33(43)44)24(17-27(41)21-5-2-1-3-6-21)37-25(31(32)34(45)46)18-28(42)40-15-13-39(14-16-40)26-19-38-11-9-20(26)10-12-38/h1-8,20,26,32,37H,9-19H2,(H,43,44)(H,45,46). The van der Waals surface area contributed by atoms with Crippen LogP contribution in [0.15, 0.2) is 71.1 Å². The highest BCUT2D eigenvalue weighted by molar-refractivity contribution is 6.36. The van der Waals surface area contributed by atoms with Crippen molar-refractivity contribution in [2.24, 2.45) is 5.92 Å². The van der Waals surface area contributed by atoms with E-state index in [0.717, 1.165) is 32.7 Å². The van der Waals surface area contributed by atoms with E-state index >= 15 is 0 Å². The number of allylic oxidation sites excluding steroid dienone is 1. The number of hydrogen-bond donors (Lipinski definition) is 3. The SMILES string of the molecule is O=C(O)C1=C(CC(=O)c2ccccc2)NC(CC(=O)N2CCN(C3CN4CCC3CC4)CC2)=C(C(=O)O)C1c1c(Cl)cccc1Cl. The molecule has 0 spiro atoms. The summed E-state index contributed by atoms with van der Waals surface area (Å²) in [5.41, 5.74) is -0.258. The second-order valence-electron chi connectivity index (χ2n) is 12.4. The molecule has 5 aliphatic heterocycles. The van der Waals surface area contributed by atoms with Gasteiger partial charge in [-0.1, -0.05) is 59.6 Å². The molecular weight excluding hydrogens is 631 g/mol. The van der Waals surface area contributed by atoms with Gasteiger partial charge in [-0.25, -0.2) is 9.59 Å². The smallest absolute Gasteiger partial charge is 0.334 e. The minimum atomic E-state index is -1.44. The summed E-state index contributed by atoms with van der Waals surface area (Å²) in [5.74, 6) is -4.27. The Bertz CT molecular complexity index is 1590. The van der Waals surface area contributed by atoms with Crippen molar-refractivity contribution in [3.63, 3.8) is 0 Å². The first-order valence-corrected chi connectivity index (χ1v) is 16.3. The number of Topliss-reactive ketones (excluding diaryl/α,β-unsaturated/α-hetero) is 1. The van der Waals surface area contributed by atoms with Crippen LogP contribution in [0.1, 0.15) is 47.5 Å². The Balaban J connectivity index is 1.31. The van der Waals surface area contributed by atoms with Crippen LogP contribution in [0.4, 0.5) is 0 Å². The number of carboxylic acids is 2. The molecule has 2 aromatic carbocycles. The predicted molar refractivity (Wildman–Crippen MR) is 173 cm³/mol. The van der Waals surface area contributed by atoms with Crippen LogP contribution in [-0.2, 0) is 14.4 Å². The fourth-order valence-electron chi connectivity index (χ4n) is 7.47. The van der Waals surface area contributed by atoms with Crippen LogP contribution in [-0.4, -0.2) is 100 Å². The summed E-state index contributed by atoms with van der Waals surface area (Å²) in [6.45, 7) is 5.86. The molecule has 0 radical (unpaired) electrons. The molecule has 2 unspecified atom stereocenters. The lowest BCUT2D eigenvalue weighted by atomic mass is 9.78. The summed E-state index contributed by atoms with van der Waals surface area (Å²) in [5, 5.41) is 24.0. The van der Waals surface area contributed by atoms with Crippen molar-refractivity contribution >= 4 is 46.8 Å². The molecular formula is C34H36Cl2N4O6. The van der Waals surface area contributed by atoms with E-state index in [9.17, 15) is 29.4 Å². The molecule has 10 nitrogen and oxygen atoms in total. The topological polar surface area (TPSA) is 130 Å². The molecule has 2 aromatic rings. The third kappa shape index (κ3) is 6.44. The van der Waals surface area contributed by atoms with Gasteiger partial charge in [0, 0.05) is 71.3 Å². The third-order valence-electron chi connectivity index (χ3n) is 9.80. The first-order valence-electron chi connectivity index (χ1n) is 15.6. The van der Waals surface area contributed by atoms with E-state index in [-0.39, 0.29) is 62.7 Å². The zero-order valence-electron chi connectivity index (χ0n) is 25.3. The molecule has 46 heavy (non-hydrogen) atoms. The van der Waals surface area contributed by atoms with Crippen LogP contribution < -0.4 is 5.32 Å². The molecule has 0 saturated carbocycles. The number of piperidine rings is 3. The van der Waals surface area contributed by atoms with Crippen LogP contribution in [0.25, 0.3) is 0 Å². The van der Waals surface area contributed by atoms with Gasteiger partial charge in [0.1, 0.15) is 0 Å². The molecule has 1 amide bonds. The van der Waals surface area contributed by atoms with Gasteiger partial charge in [0.05, 0.1) is 29.9 Å². The number of piperazine rings is 1. The number of nitrogens with one attached hydrogen (secondary N) is 1. The van der Waals surface area contributed by atoms with Crippen LogP contribution in [0, 0.1) is 5.92 Å². The molecule has 12 heteroatoms. The number of carbonyl (C=O) groups is 4.